The molecule has 0 aromatic rings. The number of allylic oxidation sites excluding steroid dienone is 3. The van der Waals surface area contributed by atoms with E-state index < -0.39 is 0 Å². The summed E-state index contributed by atoms with van der Waals surface area (Å²) >= 11 is 0. The Morgan fingerprint density at radius 3 is 1.50 bits per heavy atom. The van der Waals surface area contributed by atoms with Gasteiger partial charge in [-0.3, -0.25) is 0 Å². The van der Waals surface area contributed by atoms with Crippen LogP contribution in [-0.4, -0.2) is 43.4 Å². The SMILES string of the molecule is C=C(C)C(CCCCCC)CCCCCCCC.CCCCCCCCC(CCCCCC)C(OCCCCC(CCCCC1CC1)CN(C)CCCCO)=C1CC1. The zero-order chi connectivity index (χ0) is 42.3. The Labute approximate surface area is 366 Å². The number of hydrogen-bond acceptors (Lipinski definition) is 3. The molecule has 344 valence electrons. The number of rotatable bonds is 43. The van der Waals surface area contributed by atoms with Gasteiger partial charge < -0.3 is 14.7 Å². The molecular weight excluding hydrogens is 707 g/mol. The van der Waals surface area contributed by atoms with Crippen molar-refractivity contribution in [1.29, 1.82) is 0 Å². The molecule has 2 fully saturated rings. The summed E-state index contributed by atoms with van der Waals surface area (Å²) in [6, 6.07) is 0. The molecule has 0 saturated heterocycles. The molecule has 0 bridgehead atoms. The minimum Gasteiger partial charge on any atom is -0.498 e. The molecule has 2 aliphatic rings. The lowest BCUT2D eigenvalue weighted by Gasteiger charge is -2.25. The third-order valence-electron chi connectivity index (χ3n) is 13.5. The Kier molecular flexibility index (Phi) is 38.4. The minimum atomic E-state index is 0.329. The first-order valence-corrected chi connectivity index (χ1v) is 26.7. The summed E-state index contributed by atoms with van der Waals surface area (Å²) in [4.78, 5) is 2.53. The van der Waals surface area contributed by atoms with Crippen LogP contribution in [-0.2, 0) is 4.74 Å². The lowest BCUT2D eigenvalue weighted by molar-refractivity contribution is 0.157. The van der Waals surface area contributed by atoms with Gasteiger partial charge in [0, 0.05) is 19.1 Å². The van der Waals surface area contributed by atoms with Gasteiger partial charge in [0.05, 0.1) is 12.4 Å². The lowest BCUT2D eigenvalue weighted by Crippen LogP contribution is -2.27. The Hall–Kier alpha value is -0.800. The second kappa shape index (κ2) is 40.3. The van der Waals surface area contributed by atoms with Gasteiger partial charge in [-0.15, -0.1) is 0 Å². The number of hydrogen-bond donors (Lipinski definition) is 1. The molecule has 0 aliphatic heterocycles. The molecule has 0 amide bonds. The zero-order valence-electron chi connectivity index (χ0n) is 40.8. The quantitative estimate of drug-likeness (QED) is 0.0378. The van der Waals surface area contributed by atoms with E-state index in [0.717, 1.165) is 43.7 Å². The molecule has 3 heteroatoms. The van der Waals surface area contributed by atoms with Crippen LogP contribution in [0.5, 0.6) is 0 Å². The topological polar surface area (TPSA) is 32.7 Å². The molecule has 2 rings (SSSR count). The number of unbranched alkanes of at least 4 members (excludes halogenated alkanes) is 19. The average Bonchev–Trinajstić information content (AvgIpc) is 4.16. The molecule has 0 spiro atoms. The van der Waals surface area contributed by atoms with Crippen molar-refractivity contribution in [3.63, 3.8) is 0 Å². The molecule has 2 aliphatic carbocycles. The van der Waals surface area contributed by atoms with Crippen LogP contribution in [0.4, 0.5) is 0 Å². The first-order valence-electron chi connectivity index (χ1n) is 26.7. The average molecular weight is 814 g/mol. The second-order valence-corrected chi connectivity index (χ2v) is 19.7. The normalized spacial score (nSPS) is 15.3. The highest BCUT2D eigenvalue weighted by molar-refractivity contribution is 5.23. The van der Waals surface area contributed by atoms with Crippen LogP contribution in [0.15, 0.2) is 23.5 Å². The summed E-state index contributed by atoms with van der Waals surface area (Å²) in [7, 11) is 2.29. The Morgan fingerprint density at radius 2 is 1.03 bits per heavy atom. The van der Waals surface area contributed by atoms with E-state index in [1.807, 2.05) is 0 Å². The van der Waals surface area contributed by atoms with Crippen LogP contribution < -0.4 is 0 Å². The number of aliphatic hydroxyl groups excluding tert-OH is 1. The summed E-state index contributed by atoms with van der Waals surface area (Å²) in [5, 5.41) is 9.14. The fraction of sp³-hybridized carbons (Fsp3) is 0.927. The van der Waals surface area contributed by atoms with Gasteiger partial charge in [0.2, 0.25) is 0 Å². The van der Waals surface area contributed by atoms with Gasteiger partial charge in [0.25, 0.3) is 0 Å². The van der Waals surface area contributed by atoms with E-state index in [0.29, 0.717) is 12.5 Å². The monoisotopic (exact) mass is 814 g/mol. The maximum atomic E-state index is 9.14. The van der Waals surface area contributed by atoms with Crippen molar-refractivity contribution < 1.29 is 9.84 Å². The van der Waals surface area contributed by atoms with Crippen molar-refractivity contribution in [2.24, 2.45) is 23.7 Å². The van der Waals surface area contributed by atoms with E-state index >= 15 is 0 Å². The van der Waals surface area contributed by atoms with Crippen LogP contribution in [0.25, 0.3) is 0 Å². The van der Waals surface area contributed by atoms with Crippen molar-refractivity contribution in [2.75, 3.05) is 33.4 Å². The first-order chi connectivity index (χ1) is 28.4. The number of nitrogens with zero attached hydrogens (tertiary/aromatic N) is 1. The van der Waals surface area contributed by atoms with E-state index in [4.69, 9.17) is 9.84 Å². The summed E-state index contributed by atoms with van der Waals surface area (Å²) in [5.74, 6) is 4.83. The fourth-order valence-electron chi connectivity index (χ4n) is 9.18. The van der Waals surface area contributed by atoms with Crippen LogP contribution >= 0.6 is 0 Å². The van der Waals surface area contributed by atoms with Gasteiger partial charge in [0.15, 0.2) is 0 Å². The van der Waals surface area contributed by atoms with Crippen LogP contribution in [0.3, 0.4) is 0 Å². The summed E-state index contributed by atoms with van der Waals surface area (Å²) < 4.78 is 6.69. The molecule has 58 heavy (non-hydrogen) atoms. The molecule has 3 unspecified atom stereocenters. The van der Waals surface area contributed by atoms with Crippen molar-refractivity contribution in [2.45, 2.75) is 272 Å². The van der Waals surface area contributed by atoms with Crippen LogP contribution in [0.1, 0.15) is 272 Å². The van der Waals surface area contributed by atoms with E-state index in [1.165, 1.54) is 243 Å². The highest BCUT2D eigenvalue weighted by Gasteiger charge is 2.26. The van der Waals surface area contributed by atoms with E-state index in [1.54, 1.807) is 5.57 Å². The van der Waals surface area contributed by atoms with Gasteiger partial charge in [-0.05, 0) is 121 Å². The van der Waals surface area contributed by atoms with E-state index in [-0.39, 0.29) is 0 Å². The summed E-state index contributed by atoms with van der Waals surface area (Å²) in [6.45, 7) is 19.2. The molecule has 3 atom stereocenters. The predicted molar refractivity (Wildman–Crippen MR) is 260 cm³/mol. The fourth-order valence-corrected chi connectivity index (χ4v) is 9.18. The Balaban J connectivity index is 0.000000784. The first kappa shape index (κ1) is 55.2. The standard InChI is InChI=1S/C37H71NO2.C18H36/c1-4-6-8-10-11-13-24-35(23-12-9-7-5-2)37(36-27-28-36)40-31-19-16-22-34(21-15-14-20-33-25-26-33)32-38(3)29-17-18-30-39;1-5-7-9-11-12-14-16-18(17(3)4)15-13-10-8-6-2/h33-35,39H,4-32H2,1-3H3;18H,3,5-16H2,1-2,4H3. The third kappa shape index (κ3) is 33.9. The second-order valence-electron chi connectivity index (χ2n) is 19.7. The van der Waals surface area contributed by atoms with Crippen LogP contribution in [0, 0.1) is 23.7 Å². The highest BCUT2D eigenvalue weighted by Crippen LogP contribution is 2.39. The van der Waals surface area contributed by atoms with Gasteiger partial charge in [-0.25, -0.2) is 0 Å². The molecule has 0 aromatic heterocycles. The summed E-state index contributed by atoms with van der Waals surface area (Å²) in [6.07, 6.45) is 50.6. The van der Waals surface area contributed by atoms with E-state index in [2.05, 4.69) is 53.1 Å². The molecule has 2 saturated carbocycles. The Bertz CT molecular complexity index is 917. The predicted octanol–water partition coefficient (Wildman–Crippen LogP) is 17.7. The van der Waals surface area contributed by atoms with Crippen LogP contribution in [0.2, 0.25) is 0 Å². The molecule has 0 aromatic carbocycles. The minimum absolute atomic E-state index is 0.329. The van der Waals surface area contributed by atoms with Gasteiger partial charge in [0.1, 0.15) is 0 Å². The van der Waals surface area contributed by atoms with Gasteiger partial charge >= 0.3 is 0 Å². The zero-order valence-corrected chi connectivity index (χ0v) is 40.8. The van der Waals surface area contributed by atoms with E-state index in [9.17, 15) is 0 Å². The molecule has 0 radical (unpaired) electrons. The van der Waals surface area contributed by atoms with Gasteiger partial charge in [-0.1, -0.05) is 200 Å². The maximum absolute atomic E-state index is 9.14. The van der Waals surface area contributed by atoms with Crippen molar-refractivity contribution in [1.82, 2.24) is 4.90 Å². The maximum Gasteiger partial charge on any atom is 0.0982 e. The molecule has 0 heterocycles. The number of aliphatic hydroxyl groups is 1. The highest BCUT2D eigenvalue weighted by atomic mass is 16.5. The lowest BCUT2D eigenvalue weighted by atomic mass is 9.89. The summed E-state index contributed by atoms with van der Waals surface area (Å²) in [5.41, 5.74) is 3.07. The molecule has 3 nitrogen and oxygen atoms in total. The van der Waals surface area contributed by atoms with Crippen molar-refractivity contribution >= 4 is 0 Å². The van der Waals surface area contributed by atoms with Crippen molar-refractivity contribution in [3.05, 3.63) is 23.5 Å². The van der Waals surface area contributed by atoms with Gasteiger partial charge in [-0.2, -0.15) is 0 Å². The smallest absolute Gasteiger partial charge is 0.0982 e. The van der Waals surface area contributed by atoms with Crippen molar-refractivity contribution in [3.8, 4) is 0 Å². The molecule has 1 N–H and O–H groups in total. The third-order valence-corrected chi connectivity index (χ3v) is 13.5. The number of ether oxygens (including phenoxy) is 1. The Morgan fingerprint density at radius 1 is 0.586 bits per heavy atom. The molecular formula is C55H107NO2. The largest absolute Gasteiger partial charge is 0.498 e.